The standard InChI is InChI=1S/C38H35ClFN3O6S/c1-48-33-17-9-29(10-18-33)25-43(36(23-27-5-3-2-4-6-27)38(45)41-24-28-7-11-30(39)12-8-28)37(44)26-49-34-19-21-35(22-20-34)50(46,47)42-32-15-13-31(40)14-16-32/h2-22,36,42H,23-26H2,1H3,(H,41,45)/t36-/m0/s1. The van der Waals surface area contributed by atoms with E-state index in [0.29, 0.717) is 10.8 Å². The van der Waals surface area contributed by atoms with Gasteiger partial charge in [-0.05, 0) is 89.5 Å². The van der Waals surface area contributed by atoms with Gasteiger partial charge in [0, 0.05) is 30.2 Å². The average molecular weight is 716 g/mol. The number of anilines is 1. The molecule has 0 aliphatic rings. The van der Waals surface area contributed by atoms with Gasteiger partial charge < -0.3 is 19.7 Å². The molecule has 0 aromatic heterocycles. The van der Waals surface area contributed by atoms with Crippen LogP contribution in [0.2, 0.25) is 5.02 Å². The molecule has 0 saturated carbocycles. The van der Waals surface area contributed by atoms with Gasteiger partial charge in [0.15, 0.2) is 6.61 Å². The Labute approximate surface area is 295 Å². The van der Waals surface area contributed by atoms with Crippen LogP contribution in [-0.4, -0.2) is 44.9 Å². The molecule has 2 N–H and O–H groups in total. The van der Waals surface area contributed by atoms with E-state index < -0.39 is 34.4 Å². The minimum Gasteiger partial charge on any atom is -0.497 e. The number of methoxy groups -OCH3 is 1. The van der Waals surface area contributed by atoms with E-state index in [9.17, 15) is 22.4 Å². The van der Waals surface area contributed by atoms with Crippen LogP contribution in [0.15, 0.2) is 132 Å². The summed E-state index contributed by atoms with van der Waals surface area (Å²) >= 11 is 6.03. The van der Waals surface area contributed by atoms with Gasteiger partial charge in [-0.15, -0.1) is 0 Å². The van der Waals surface area contributed by atoms with Crippen LogP contribution in [0, 0.1) is 5.82 Å². The predicted molar refractivity (Wildman–Crippen MR) is 190 cm³/mol. The summed E-state index contributed by atoms with van der Waals surface area (Å²) in [6.07, 6.45) is 0.239. The number of halogens is 2. The van der Waals surface area contributed by atoms with Crippen molar-refractivity contribution >= 4 is 39.1 Å². The van der Waals surface area contributed by atoms with E-state index in [1.54, 1.807) is 31.4 Å². The Morgan fingerprint density at radius 2 is 1.40 bits per heavy atom. The minimum atomic E-state index is -3.97. The van der Waals surface area contributed by atoms with Crippen molar-refractivity contribution in [2.75, 3.05) is 18.4 Å². The molecular weight excluding hydrogens is 681 g/mol. The van der Waals surface area contributed by atoms with Gasteiger partial charge in [0.25, 0.3) is 15.9 Å². The molecule has 5 aromatic rings. The number of rotatable bonds is 15. The SMILES string of the molecule is COc1ccc(CN(C(=O)COc2ccc(S(=O)(=O)Nc3ccc(F)cc3)cc2)[C@@H](Cc2ccccc2)C(=O)NCc2ccc(Cl)cc2)cc1. The normalized spacial score (nSPS) is 11.7. The topological polar surface area (TPSA) is 114 Å². The molecule has 0 aliphatic carbocycles. The highest BCUT2D eigenvalue weighted by molar-refractivity contribution is 7.92. The summed E-state index contributed by atoms with van der Waals surface area (Å²) in [6, 6.07) is 33.3. The van der Waals surface area contributed by atoms with Crippen LogP contribution in [-0.2, 0) is 39.1 Å². The van der Waals surface area contributed by atoms with E-state index in [-0.39, 0.29) is 41.7 Å². The molecular formula is C38H35ClFN3O6S. The lowest BCUT2D eigenvalue weighted by Crippen LogP contribution is -2.51. The second kappa shape index (κ2) is 16.8. The zero-order valence-electron chi connectivity index (χ0n) is 27.1. The largest absolute Gasteiger partial charge is 0.497 e. The van der Waals surface area contributed by atoms with Crippen LogP contribution >= 0.6 is 11.6 Å². The number of hydrogen-bond acceptors (Lipinski definition) is 6. The highest BCUT2D eigenvalue weighted by atomic mass is 35.5. The third-order valence-electron chi connectivity index (χ3n) is 7.76. The lowest BCUT2D eigenvalue weighted by Gasteiger charge is -2.31. The number of amides is 2. The molecule has 0 heterocycles. The van der Waals surface area contributed by atoms with Gasteiger partial charge in [0.1, 0.15) is 23.4 Å². The summed E-state index contributed by atoms with van der Waals surface area (Å²) in [6.45, 7) is -0.0935. The van der Waals surface area contributed by atoms with Gasteiger partial charge in [-0.1, -0.05) is 66.2 Å². The lowest BCUT2D eigenvalue weighted by molar-refractivity contribution is -0.142. The number of carbonyl (C=O) groups is 2. The molecule has 0 aliphatic heterocycles. The molecule has 5 rings (SSSR count). The van der Waals surface area contributed by atoms with E-state index in [1.165, 1.54) is 41.3 Å². The summed E-state index contributed by atoms with van der Waals surface area (Å²) in [7, 11) is -2.41. The number of benzene rings is 5. The third-order valence-corrected chi connectivity index (χ3v) is 9.41. The number of nitrogens with one attached hydrogen (secondary N) is 2. The summed E-state index contributed by atoms with van der Waals surface area (Å²) in [5.74, 6) is -0.409. The van der Waals surface area contributed by atoms with Gasteiger partial charge in [0.2, 0.25) is 5.91 Å². The molecule has 50 heavy (non-hydrogen) atoms. The summed E-state index contributed by atoms with van der Waals surface area (Å²) < 4.78 is 52.5. The zero-order valence-corrected chi connectivity index (χ0v) is 28.7. The second-order valence-electron chi connectivity index (χ2n) is 11.3. The first kappa shape index (κ1) is 35.9. The molecule has 1 atom stereocenters. The van der Waals surface area contributed by atoms with Crippen molar-refractivity contribution in [1.29, 1.82) is 0 Å². The molecule has 2 amide bonds. The minimum absolute atomic E-state index is 0.0538. The number of carbonyl (C=O) groups excluding carboxylic acids is 2. The zero-order chi connectivity index (χ0) is 35.5. The van der Waals surface area contributed by atoms with Crippen LogP contribution in [0.3, 0.4) is 0 Å². The first-order valence-electron chi connectivity index (χ1n) is 15.6. The smallest absolute Gasteiger partial charge is 0.261 e. The first-order chi connectivity index (χ1) is 24.1. The Balaban J connectivity index is 1.35. The highest BCUT2D eigenvalue weighted by Gasteiger charge is 2.31. The molecule has 258 valence electrons. The molecule has 12 heteroatoms. The highest BCUT2D eigenvalue weighted by Crippen LogP contribution is 2.22. The summed E-state index contributed by atoms with van der Waals surface area (Å²) in [5.41, 5.74) is 2.68. The van der Waals surface area contributed by atoms with E-state index >= 15 is 0 Å². The average Bonchev–Trinajstić information content (AvgIpc) is 3.13. The fourth-order valence-corrected chi connectivity index (χ4v) is 6.25. The second-order valence-corrected chi connectivity index (χ2v) is 13.4. The van der Waals surface area contributed by atoms with E-state index in [1.807, 2.05) is 54.6 Å². The van der Waals surface area contributed by atoms with Crippen LogP contribution < -0.4 is 19.5 Å². The third kappa shape index (κ3) is 10.1. The Morgan fingerprint density at radius 1 is 0.780 bits per heavy atom. The van der Waals surface area contributed by atoms with Gasteiger partial charge >= 0.3 is 0 Å². The molecule has 0 spiro atoms. The van der Waals surface area contributed by atoms with Gasteiger partial charge in [-0.2, -0.15) is 0 Å². The fraction of sp³-hybridized carbons (Fsp3) is 0.158. The number of nitrogens with zero attached hydrogens (tertiary/aromatic N) is 1. The number of ether oxygens (including phenoxy) is 2. The fourth-order valence-electron chi connectivity index (χ4n) is 5.07. The van der Waals surface area contributed by atoms with Crippen LogP contribution in [0.25, 0.3) is 0 Å². The summed E-state index contributed by atoms with van der Waals surface area (Å²) in [4.78, 5) is 29.3. The van der Waals surface area contributed by atoms with E-state index in [0.717, 1.165) is 28.8 Å². The molecule has 5 aromatic carbocycles. The number of hydrogen-bond donors (Lipinski definition) is 2. The molecule has 0 bridgehead atoms. The van der Waals surface area contributed by atoms with Crippen molar-refractivity contribution < 1.29 is 31.9 Å². The Hall–Kier alpha value is -5.39. The van der Waals surface area contributed by atoms with Crippen molar-refractivity contribution in [1.82, 2.24) is 10.2 Å². The Kier molecular flexibility index (Phi) is 12.1. The quantitative estimate of drug-likeness (QED) is 0.126. The summed E-state index contributed by atoms with van der Waals surface area (Å²) in [5, 5.41) is 3.55. The van der Waals surface area contributed by atoms with Crippen molar-refractivity contribution in [2.24, 2.45) is 0 Å². The van der Waals surface area contributed by atoms with Crippen LogP contribution in [0.5, 0.6) is 11.5 Å². The maximum Gasteiger partial charge on any atom is 0.261 e. The first-order valence-corrected chi connectivity index (χ1v) is 17.5. The lowest BCUT2D eigenvalue weighted by atomic mass is 10.0. The van der Waals surface area contributed by atoms with Crippen molar-refractivity contribution in [2.45, 2.75) is 30.4 Å². The van der Waals surface area contributed by atoms with Gasteiger partial charge in [-0.25, -0.2) is 12.8 Å². The van der Waals surface area contributed by atoms with E-state index in [2.05, 4.69) is 10.0 Å². The molecule has 0 saturated heterocycles. The monoisotopic (exact) mass is 715 g/mol. The van der Waals surface area contributed by atoms with Crippen LogP contribution in [0.4, 0.5) is 10.1 Å². The maximum atomic E-state index is 14.0. The Bertz CT molecular complexity index is 1980. The molecule has 0 unspecified atom stereocenters. The van der Waals surface area contributed by atoms with Crippen LogP contribution in [0.1, 0.15) is 16.7 Å². The molecule has 0 radical (unpaired) electrons. The van der Waals surface area contributed by atoms with Gasteiger partial charge in [0.05, 0.1) is 12.0 Å². The predicted octanol–water partition coefficient (Wildman–Crippen LogP) is 6.62. The van der Waals surface area contributed by atoms with Crippen molar-refractivity contribution in [3.8, 4) is 11.5 Å². The Morgan fingerprint density at radius 3 is 2.04 bits per heavy atom. The van der Waals surface area contributed by atoms with E-state index in [4.69, 9.17) is 21.1 Å². The maximum absolute atomic E-state index is 14.0. The van der Waals surface area contributed by atoms with Crippen molar-refractivity contribution in [3.63, 3.8) is 0 Å². The van der Waals surface area contributed by atoms with Crippen molar-refractivity contribution in [3.05, 3.63) is 155 Å². The van der Waals surface area contributed by atoms with Gasteiger partial charge in [-0.3, -0.25) is 14.3 Å². The molecule has 0 fully saturated rings. The molecule has 9 nitrogen and oxygen atoms in total. The number of sulfonamides is 1.